The third-order valence-corrected chi connectivity index (χ3v) is 9.98. The Morgan fingerprint density at radius 3 is 1.93 bits per heavy atom. The molecule has 2 aromatic rings. The van der Waals surface area contributed by atoms with E-state index in [1.54, 1.807) is 0 Å². The van der Waals surface area contributed by atoms with Gasteiger partial charge >= 0.3 is 12.1 Å². The van der Waals surface area contributed by atoms with Crippen LogP contribution in [0.25, 0.3) is 0 Å². The molecule has 0 radical (unpaired) electrons. The van der Waals surface area contributed by atoms with Crippen LogP contribution in [0.4, 0.5) is 9.59 Å². The fourth-order valence-electron chi connectivity index (χ4n) is 7.99. The Kier molecular flexibility index (Phi) is 10.2. The first-order valence-corrected chi connectivity index (χ1v) is 17.0. The van der Waals surface area contributed by atoms with Crippen molar-refractivity contribution in [2.75, 3.05) is 6.54 Å². The third-order valence-electron chi connectivity index (χ3n) is 9.98. The van der Waals surface area contributed by atoms with Crippen molar-refractivity contribution in [3.63, 3.8) is 0 Å². The average Bonchev–Trinajstić information content (AvgIpc) is 3.44. The molecule has 0 spiro atoms. The molecule has 3 unspecified atom stereocenters. The maximum Gasteiger partial charge on any atom is 0.410 e. The number of urea groups is 1. The summed E-state index contributed by atoms with van der Waals surface area (Å²) in [5.74, 6) is 0.628. The molecule has 4 aliphatic heterocycles. The highest BCUT2D eigenvalue weighted by Crippen LogP contribution is 2.46. The van der Waals surface area contributed by atoms with Crippen LogP contribution < -0.4 is 5.32 Å². The number of nitrogens with zero attached hydrogens (tertiary/aromatic N) is 2. The van der Waals surface area contributed by atoms with Gasteiger partial charge in [0.25, 0.3) is 0 Å². The summed E-state index contributed by atoms with van der Waals surface area (Å²) >= 11 is 0. The molecule has 4 heterocycles. The second kappa shape index (κ2) is 13.9. The maximum absolute atomic E-state index is 12.5. The minimum atomic E-state index is -0.828. The quantitative estimate of drug-likeness (QED) is 0.331. The van der Waals surface area contributed by atoms with Crippen LogP contribution in [0.3, 0.4) is 0 Å². The second-order valence-electron chi connectivity index (χ2n) is 14.4. The van der Waals surface area contributed by atoms with E-state index in [1.165, 1.54) is 31.2 Å². The Balaban J connectivity index is 0.000000175. The van der Waals surface area contributed by atoms with Crippen molar-refractivity contribution in [2.24, 2.45) is 0 Å². The summed E-state index contributed by atoms with van der Waals surface area (Å²) in [4.78, 5) is 28.9. The lowest BCUT2D eigenvalue weighted by molar-refractivity contribution is -0.0624. The number of aliphatic hydroxyl groups is 1. The molecule has 44 heavy (non-hydrogen) atoms. The van der Waals surface area contributed by atoms with Crippen LogP contribution in [0.1, 0.15) is 115 Å². The predicted molar refractivity (Wildman–Crippen MR) is 174 cm³/mol. The number of hydrogen-bond donors (Lipinski definition) is 2. The Hall–Kier alpha value is -3.06. The molecule has 0 saturated carbocycles. The van der Waals surface area contributed by atoms with Crippen LogP contribution in [-0.4, -0.2) is 63.3 Å². The summed E-state index contributed by atoms with van der Waals surface area (Å²) in [7, 11) is 0. The molecular formula is C37H53N3O4. The predicted octanol–water partition coefficient (Wildman–Crippen LogP) is 7.73. The summed E-state index contributed by atoms with van der Waals surface area (Å²) in [6.07, 6.45) is 10.9. The molecule has 7 nitrogen and oxygen atoms in total. The summed E-state index contributed by atoms with van der Waals surface area (Å²) in [5, 5.41) is 14.2. The second-order valence-corrected chi connectivity index (χ2v) is 14.4. The zero-order chi connectivity index (χ0) is 31.3. The maximum atomic E-state index is 12.5. The van der Waals surface area contributed by atoms with Crippen LogP contribution in [-0.2, 0) is 10.3 Å². The zero-order valence-electron chi connectivity index (χ0n) is 27.2. The van der Waals surface area contributed by atoms with Gasteiger partial charge in [0, 0.05) is 43.6 Å². The van der Waals surface area contributed by atoms with Gasteiger partial charge in [0.15, 0.2) is 0 Å². The number of nitrogens with one attached hydrogen (secondary N) is 1. The van der Waals surface area contributed by atoms with E-state index in [2.05, 4.69) is 47.5 Å². The number of carbonyl (C=O) groups is 2. The van der Waals surface area contributed by atoms with Gasteiger partial charge in [-0.1, -0.05) is 80.4 Å². The topological polar surface area (TPSA) is 82.1 Å². The molecule has 2 N–H and O–H groups in total. The largest absolute Gasteiger partial charge is 0.444 e. The highest BCUT2D eigenvalue weighted by molar-refractivity contribution is 5.75. The van der Waals surface area contributed by atoms with E-state index in [4.69, 9.17) is 4.74 Å². The van der Waals surface area contributed by atoms with E-state index in [0.29, 0.717) is 30.8 Å². The highest BCUT2D eigenvalue weighted by atomic mass is 16.6. The molecule has 4 saturated heterocycles. The fraction of sp³-hybridized carbons (Fsp3) is 0.622. The molecule has 5 atom stereocenters. The normalized spacial score (nSPS) is 29.1. The van der Waals surface area contributed by atoms with Gasteiger partial charge < -0.3 is 25.0 Å². The van der Waals surface area contributed by atoms with Crippen molar-refractivity contribution in [3.8, 4) is 0 Å². The molecule has 3 amide bonds. The Labute approximate surface area is 264 Å². The van der Waals surface area contributed by atoms with Crippen molar-refractivity contribution >= 4 is 12.1 Å². The molecular weight excluding hydrogens is 550 g/mol. The lowest BCUT2D eigenvalue weighted by atomic mass is 9.81. The van der Waals surface area contributed by atoms with Crippen molar-refractivity contribution in [2.45, 2.75) is 140 Å². The molecule has 2 aromatic carbocycles. The lowest BCUT2D eigenvalue weighted by Gasteiger charge is -2.44. The van der Waals surface area contributed by atoms with Crippen molar-refractivity contribution in [3.05, 3.63) is 71.8 Å². The van der Waals surface area contributed by atoms with Gasteiger partial charge in [-0.25, -0.2) is 9.59 Å². The van der Waals surface area contributed by atoms with E-state index >= 15 is 0 Å². The van der Waals surface area contributed by atoms with Gasteiger partial charge in [-0.2, -0.15) is 0 Å². The van der Waals surface area contributed by atoms with E-state index < -0.39 is 11.2 Å². The summed E-state index contributed by atoms with van der Waals surface area (Å²) < 4.78 is 5.54. The fourth-order valence-corrected chi connectivity index (χ4v) is 7.99. The molecule has 6 rings (SSSR count). The number of unbranched alkanes of at least 4 members (excludes halogenated alkanes) is 2. The van der Waals surface area contributed by atoms with Gasteiger partial charge in [-0.05, 0) is 82.8 Å². The molecule has 4 aliphatic rings. The Morgan fingerprint density at radius 2 is 1.39 bits per heavy atom. The number of benzene rings is 2. The SMILES string of the molecule is CC(C)(C)OC(=O)N1C2CCC1CC(O)(c1ccccc1)C2.CCCCCNC(=O)N1[C@@H]2CC[C@H]1CC(c1ccccc1)C2. The van der Waals surface area contributed by atoms with Crippen molar-refractivity contribution in [1.82, 2.24) is 15.1 Å². The minimum Gasteiger partial charge on any atom is -0.444 e. The molecule has 4 bridgehead atoms. The van der Waals surface area contributed by atoms with E-state index in [0.717, 1.165) is 44.2 Å². The summed E-state index contributed by atoms with van der Waals surface area (Å²) in [6, 6.07) is 21.8. The molecule has 0 aromatic heterocycles. The highest BCUT2D eigenvalue weighted by Gasteiger charge is 2.51. The van der Waals surface area contributed by atoms with Crippen LogP contribution in [0, 0.1) is 0 Å². The number of piperidine rings is 2. The molecule has 4 fully saturated rings. The number of carbonyl (C=O) groups excluding carboxylic acids is 2. The van der Waals surface area contributed by atoms with Crippen molar-refractivity contribution in [1.29, 1.82) is 0 Å². The Bertz CT molecular complexity index is 1200. The summed E-state index contributed by atoms with van der Waals surface area (Å²) in [6.45, 7) is 8.67. The smallest absolute Gasteiger partial charge is 0.410 e. The molecule has 0 aliphatic carbocycles. The first kappa shape index (κ1) is 32.3. The van der Waals surface area contributed by atoms with Gasteiger partial charge in [0.05, 0.1) is 5.60 Å². The van der Waals surface area contributed by atoms with E-state index in [9.17, 15) is 14.7 Å². The number of fused-ring (bicyclic) bond motifs is 4. The first-order valence-electron chi connectivity index (χ1n) is 17.0. The van der Waals surface area contributed by atoms with Gasteiger partial charge in [0.2, 0.25) is 0 Å². The standard InChI is InChI=1S/C19H28N2O.C18H25NO3/c1-2-3-7-12-20-19(22)21-17-10-11-18(21)14-16(13-17)15-8-5-4-6-9-15;1-17(2,3)22-16(20)19-14-9-10-15(19)12-18(21,11-14)13-7-5-4-6-8-13/h4-6,8-9,16-18H,2-3,7,10-14H2,1H3,(H,20,22);4-8,14-15,21H,9-12H2,1-3H3/t16?,17-,18+;. The Morgan fingerprint density at radius 1 is 0.841 bits per heavy atom. The van der Waals surface area contributed by atoms with Crippen LogP contribution in [0.15, 0.2) is 60.7 Å². The minimum absolute atomic E-state index is 0.0683. The molecule has 240 valence electrons. The monoisotopic (exact) mass is 603 g/mol. The van der Waals surface area contributed by atoms with Gasteiger partial charge in [-0.15, -0.1) is 0 Å². The van der Waals surface area contributed by atoms with Gasteiger partial charge in [-0.3, -0.25) is 0 Å². The number of hydrogen-bond acceptors (Lipinski definition) is 4. The molecule has 7 heteroatoms. The number of rotatable bonds is 6. The zero-order valence-corrected chi connectivity index (χ0v) is 27.2. The average molecular weight is 604 g/mol. The van der Waals surface area contributed by atoms with Crippen LogP contribution >= 0.6 is 0 Å². The van der Waals surface area contributed by atoms with Crippen LogP contribution in [0.5, 0.6) is 0 Å². The van der Waals surface area contributed by atoms with Gasteiger partial charge in [0.1, 0.15) is 5.60 Å². The number of amides is 3. The third kappa shape index (κ3) is 7.59. The van der Waals surface area contributed by atoms with Crippen molar-refractivity contribution < 1.29 is 19.4 Å². The first-order chi connectivity index (χ1) is 21.1. The van der Waals surface area contributed by atoms with E-state index in [-0.39, 0.29) is 24.2 Å². The lowest BCUT2D eigenvalue weighted by Crippen LogP contribution is -2.53. The number of ether oxygens (including phenoxy) is 1. The summed E-state index contributed by atoms with van der Waals surface area (Å²) in [5.41, 5.74) is 1.09. The van der Waals surface area contributed by atoms with E-state index in [1.807, 2.05) is 56.0 Å². The van der Waals surface area contributed by atoms with Crippen LogP contribution in [0.2, 0.25) is 0 Å².